The number of nitrogens with one attached hydrogen (secondary N) is 1. The summed E-state index contributed by atoms with van der Waals surface area (Å²) in [5.74, 6) is 1.08. The molecular weight excluding hydrogens is 281 g/mol. The lowest BCUT2D eigenvalue weighted by atomic mass is 9.89. The molecule has 0 saturated carbocycles. The number of benzene rings is 1. The van der Waals surface area contributed by atoms with Crippen LogP contribution >= 0.6 is 23.2 Å². The molecule has 1 aromatic carbocycles. The lowest BCUT2D eigenvalue weighted by Gasteiger charge is -2.22. The molecule has 1 N–H and O–H groups in total. The lowest BCUT2D eigenvalue weighted by molar-refractivity contribution is 0.196. The van der Waals surface area contributed by atoms with Crippen LogP contribution in [0.5, 0.6) is 0 Å². The van der Waals surface area contributed by atoms with E-state index in [-0.39, 0.29) is 0 Å². The van der Waals surface area contributed by atoms with E-state index in [4.69, 9.17) is 27.9 Å². The summed E-state index contributed by atoms with van der Waals surface area (Å²) in [6.45, 7) is 7.01. The Bertz CT molecular complexity index is 362. The van der Waals surface area contributed by atoms with Crippen LogP contribution < -0.4 is 5.32 Å². The third-order valence-electron chi connectivity index (χ3n) is 3.36. The largest absolute Gasteiger partial charge is 0.383 e. The zero-order chi connectivity index (χ0) is 14.3. The van der Waals surface area contributed by atoms with Crippen LogP contribution in [0.3, 0.4) is 0 Å². The average Bonchev–Trinajstić information content (AvgIpc) is 2.36. The van der Waals surface area contributed by atoms with Crippen molar-refractivity contribution in [2.24, 2.45) is 11.8 Å². The molecule has 19 heavy (non-hydrogen) atoms. The molecule has 0 amide bonds. The zero-order valence-corrected chi connectivity index (χ0v) is 13.4. The van der Waals surface area contributed by atoms with E-state index in [1.165, 1.54) is 0 Å². The fraction of sp³-hybridized carbons (Fsp3) is 0.600. The van der Waals surface area contributed by atoms with Crippen molar-refractivity contribution < 1.29 is 4.74 Å². The summed E-state index contributed by atoms with van der Waals surface area (Å²) in [5.41, 5.74) is 1.05. The third-order valence-corrected chi connectivity index (χ3v) is 4.07. The van der Waals surface area contributed by atoms with Gasteiger partial charge in [0.05, 0.1) is 6.61 Å². The van der Waals surface area contributed by atoms with E-state index >= 15 is 0 Å². The first-order valence-corrected chi connectivity index (χ1v) is 7.44. The highest BCUT2D eigenvalue weighted by Gasteiger charge is 2.17. The molecule has 1 rings (SSSR count). The highest BCUT2D eigenvalue weighted by atomic mass is 35.5. The Labute approximate surface area is 126 Å². The van der Waals surface area contributed by atoms with E-state index in [1.807, 2.05) is 18.2 Å². The molecule has 0 aromatic heterocycles. The van der Waals surface area contributed by atoms with Gasteiger partial charge < -0.3 is 10.1 Å². The van der Waals surface area contributed by atoms with Gasteiger partial charge in [0.25, 0.3) is 0 Å². The van der Waals surface area contributed by atoms with E-state index in [9.17, 15) is 0 Å². The predicted octanol–water partition coefficient (Wildman–Crippen LogP) is 4.04. The van der Waals surface area contributed by atoms with Crippen molar-refractivity contribution in [1.29, 1.82) is 0 Å². The summed E-state index contributed by atoms with van der Waals surface area (Å²) in [5, 5.41) is 4.93. The van der Waals surface area contributed by atoms with Gasteiger partial charge in [-0.3, -0.25) is 0 Å². The molecule has 0 fully saturated rings. The fourth-order valence-electron chi connectivity index (χ4n) is 1.99. The Morgan fingerprint density at radius 1 is 1.21 bits per heavy atom. The van der Waals surface area contributed by atoms with Crippen LogP contribution in [-0.2, 0) is 11.2 Å². The van der Waals surface area contributed by atoms with Crippen LogP contribution in [-0.4, -0.2) is 26.8 Å². The maximum atomic E-state index is 6.24. The third kappa shape index (κ3) is 5.70. The Morgan fingerprint density at radius 3 is 2.37 bits per heavy atom. The minimum Gasteiger partial charge on any atom is -0.383 e. The Hall–Kier alpha value is -0.280. The number of halogens is 2. The van der Waals surface area contributed by atoms with Gasteiger partial charge in [-0.1, -0.05) is 43.1 Å². The molecule has 1 unspecified atom stereocenters. The van der Waals surface area contributed by atoms with Gasteiger partial charge in [-0.25, -0.2) is 0 Å². The summed E-state index contributed by atoms with van der Waals surface area (Å²) in [7, 11) is 1.71. The fourth-order valence-corrected chi connectivity index (χ4v) is 2.55. The molecule has 0 radical (unpaired) electrons. The summed E-state index contributed by atoms with van der Waals surface area (Å²) in [6.07, 6.45) is 0.899. The molecule has 4 heteroatoms. The molecule has 2 nitrogen and oxygen atoms in total. The summed E-state index contributed by atoms with van der Waals surface area (Å²) < 4.78 is 5.04. The van der Waals surface area contributed by atoms with Crippen LogP contribution in [0, 0.1) is 11.8 Å². The molecule has 0 spiro atoms. The number of hydrogen-bond acceptors (Lipinski definition) is 2. The first-order chi connectivity index (χ1) is 9.06. The highest BCUT2D eigenvalue weighted by molar-refractivity contribution is 6.35. The van der Waals surface area contributed by atoms with Crippen molar-refractivity contribution in [1.82, 2.24) is 5.32 Å². The Kier molecular flexibility index (Phi) is 7.77. The topological polar surface area (TPSA) is 21.3 Å². The normalized spacial score (nSPS) is 12.9. The van der Waals surface area contributed by atoms with Crippen LogP contribution in [0.1, 0.15) is 19.4 Å². The molecule has 108 valence electrons. The molecule has 1 aromatic rings. The van der Waals surface area contributed by atoms with Gasteiger partial charge >= 0.3 is 0 Å². The summed E-state index contributed by atoms with van der Waals surface area (Å²) >= 11 is 12.5. The van der Waals surface area contributed by atoms with Crippen LogP contribution in [0.4, 0.5) is 0 Å². The van der Waals surface area contributed by atoms with Gasteiger partial charge in [0.15, 0.2) is 0 Å². The van der Waals surface area contributed by atoms with Gasteiger partial charge in [0, 0.05) is 23.7 Å². The van der Waals surface area contributed by atoms with Crippen molar-refractivity contribution in [2.75, 3.05) is 26.8 Å². The van der Waals surface area contributed by atoms with Crippen molar-refractivity contribution in [3.05, 3.63) is 33.8 Å². The predicted molar refractivity (Wildman–Crippen MR) is 83.2 cm³/mol. The van der Waals surface area contributed by atoms with Gasteiger partial charge in [0.1, 0.15) is 0 Å². The minimum absolute atomic E-state index is 0.509. The number of ether oxygens (including phenoxy) is 1. The maximum absolute atomic E-state index is 6.24. The smallest absolute Gasteiger partial charge is 0.0587 e. The molecular formula is C15H23Cl2NO. The van der Waals surface area contributed by atoms with Crippen molar-refractivity contribution in [3.63, 3.8) is 0 Å². The van der Waals surface area contributed by atoms with E-state index in [0.717, 1.165) is 41.7 Å². The van der Waals surface area contributed by atoms with Crippen LogP contribution in [0.15, 0.2) is 18.2 Å². The number of methoxy groups -OCH3 is 1. The second-order valence-electron chi connectivity index (χ2n) is 5.11. The lowest BCUT2D eigenvalue weighted by Crippen LogP contribution is -2.30. The first-order valence-electron chi connectivity index (χ1n) is 6.68. The Morgan fingerprint density at radius 2 is 1.84 bits per heavy atom. The highest BCUT2D eigenvalue weighted by Crippen LogP contribution is 2.28. The SMILES string of the molecule is COCCNCC(Cc1c(Cl)cccc1Cl)C(C)C. The van der Waals surface area contributed by atoms with Gasteiger partial charge in [-0.2, -0.15) is 0 Å². The first kappa shape index (κ1) is 16.8. The van der Waals surface area contributed by atoms with E-state index in [0.29, 0.717) is 11.8 Å². The van der Waals surface area contributed by atoms with Crippen molar-refractivity contribution in [3.8, 4) is 0 Å². The zero-order valence-electron chi connectivity index (χ0n) is 11.9. The summed E-state index contributed by atoms with van der Waals surface area (Å²) in [6, 6.07) is 5.69. The number of rotatable bonds is 8. The second kappa shape index (κ2) is 8.80. The second-order valence-corrected chi connectivity index (χ2v) is 5.92. The summed E-state index contributed by atoms with van der Waals surface area (Å²) in [4.78, 5) is 0. The van der Waals surface area contributed by atoms with Gasteiger partial charge in [-0.15, -0.1) is 0 Å². The van der Waals surface area contributed by atoms with Crippen LogP contribution in [0.25, 0.3) is 0 Å². The van der Waals surface area contributed by atoms with Gasteiger partial charge in [-0.05, 0) is 42.5 Å². The number of hydrogen-bond donors (Lipinski definition) is 1. The monoisotopic (exact) mass is 303 g/mol. The van der Waals surface area contributed by atoms with Crippen LogP contribution in [0.2, 0.25) is 10.0 Å². The van der Waals surface area contributed by atoms with E-state index < -0.39 is 0 Å². The minimum atomic E-state index is 0.509. The molecule has 0 saturated heterocycles. The van der Waals surface area contributed by atoms with E-state index in [1.54, 1.807) is 7.11 Å². The molecule has 0 heterocycles. The standard InChI is InChI=1S/C15H23Cl2NO/c1-11(2)12(10-18-7-8-19-3)9-13-14(16)5-4-6-15(13)17/h4-6,11-12,18H,7-10H2,1-3H3. The Balaban J connectivity index is 2.62. The molecule has 0 bridgehead atoms. The molecule has 0 aliphatic carbocycles. The molecule has 0 aliphatic heterocycles. The van der Waals surface area contributed by atoms with Crippen molar-refractivity contribution >= 4 is 23.2 Å². The molecule has 1 atom stereocenters. The molecule has 0 aliphatic rings. The van der Waals surface area contributed by atoms with E-state index in [2.05, 4.69) is 19.2 Å². The van der Waals surface area contributed by atoms with Crippen molar-refractivity contribution in [2.45, 2.75) is 20.3 Å². The maximum Gasteiger partial charge on any atom is 0.0587 e. The quantitative estimate of drug-likeness (QED) is 0.732. The van der Waals surface area contributed by atoms with Gasteiger partial charge in [0.2, 0.25) is 0 Å². The average molecular weight is 304 g/mol.